The third kappa shape index (κ3) is 5.38. The first-order chi connectivity index (χ1) is 29.8. The number of anilines is 6. The van der Waals surface area contributed by atoms with Gasteiger partial charge >= 0.3 is 6.85 Å². The Hall–Kier alpha value is -7.30. The zero-order valence-electron chi connectivity index (χ0n) is 34.9. The molecule has 0 spiro atoms. The number of hydrogen-bond donors (Lipinski definition) is 0. The minimum atomic E-state index is -0.0973. The maximum absolute atomic E-state index is 2.71. The van der Waals surface area contributed by atoms with Gasteiger partial charge in [-0.25, -0.2) is 0 Å². The second kappa shape index (κ2) is 13.4. The van der Waals surface area contributed by atoms with Crippen LogP contribution in [-0.2, 0) is 5.41 Å². The average Bonchev–Trinajstić information content (AvgIpc) is 3.63. The van der Waals surface area contributed by atoms with Crippen LogP contribution in [0, 0.1) is 6.92 Å². The lowest BCUT2D eigenvalue weighted by Gasteiger charge is -2.42. The molecule has 12 rings (SSSR count). The summed E-state index contributed by atoms with van der Waals surface area (Å²) in [4.78, 5) is 4.99. The lowest BCUT2D eigenvalue weighted by molar-refractivity contribution is 0.590. The number of rotatable bonds is 5. The second-order valence-electron chi connectivity index (χ2n) is 17.8. The highest BCUT2D eigenvalue weighted by Gasteiger charge is 2.44. The molecule has 0 N–H and O–H groups in total. The fourth-order valence-corrected chi connectivity index (χ4v) is 10.4. The number of para-hydroxylation sites is 3. The summed E-state index contributed by atoms with van der Waals surface area (Å²) in [6.45, 7) is 9.10. The van der Waals surface area contributed by atoms with E-state index in [2.05, 4.69) is 236 Å². The molecular weight excluding hydrogens is 737 g/mol. The van der Waals surface area contributed by atoms with Crippen molar-refractivity contribution in [2.45, 2.75) is 33.1 Å². The molecule has 2 aliphatic rings. The average molecular weight is 782 g/mol. The molecule has 0 saturated heterocycles. The van der Waals surface area contributed by atoms with Crippen LogP contribution < -0.4 is 20.7 Å². The number of nitrogens with zero attached hydrogens (tertiary/aromatic N) is 3. The molecule has 0 radical (unpaired) electrons. The van der Waals surface area contributed by atoms with E-state index in [0.29, 0.717) is 0 Å². The molecule has 290 valence electrons. The molecule has 0 amide bonds. The van der Waals surface area contributed by atoms with Crippen molar-refractivity contribution in [2.24, 2.45) is 0 Å². The molecule has 4 heteroatoms. The molecule has 0 aliphatic carbocycles. The number of aromatic nitrogens is 1. The molecule has 2 aliphatic heterocycles. The van der Waals surface area contributed by atoms with Crippen LogP contribution in [0.25, 0.3) is 54.8 Å². The van der Waals surface area contributed by atoms with Crippen LogP contribution in [0.4, 0.5) is 34.1 Å². The van der Waals surface area contributed by atoms with Crippen LogP contribution in [0.5, 0.6) is 0 Å². The molecule has 1 aromatic heterocycles. The minimum absolute atomic E-state index is 0.0178. The maximum atomic E-state index is 2.71. The zero-order chi connectivity index (χ0) is 41.0. The van der Waals surface area contributed by atoms with Crippen molar-refractivity contribution in [1.29, 1.82) is 0 Å². The van der Waals surface area contributed by atoms with E-state index in [9.17, 15) is 0 Å². The zero-order valence-corrected chi connectivity index (χ0v) is 34.9. The second-order valence-corrected chi connectivity index (χ2v) is 17.8. The Labute approximate surface area is 357 Å². The number of aryl methyl sites for hydroxylation is 1. The van der Waals surface area contributed by atoms with Crippen LogP contribution in [-0.4, -0.2) is 11.3 Å². The topological polar surface area (TPSA) is 11.4 Å². The van der Waals surface area contributed by atoms with Crippen molar-refractivity contribution in [3.63, 3.8) is 0 Å². The molecule has 0 bridgehead atoms. The van der Waals surface area contributed by atoms with Gasteiger partial charge in [0.15, 0.2) is 0 Å². The predicted octanol–water partition coefficient (Wildman–Crippen LogP) is 14.1. The van der Waals surface area contributed by atoms with Gasteiger partial charge in [0.2, 0.25) is 0 Å². The summed E-state index contributed by atoms with van der Waals surface area (Å²) in [6, 6.07) is 72.3. The number of benzene rings is 9. The Bertz CT molecular complexity index is 3320. The highest BCUT2D eigenvalue weighted by Crippen LogP contribution is 2.49. The third-order valence-electron chi connectivity index (χ3n) is 13.1. The van der Waals surface area contributed by atoms with E-state index in [4.69, 9.17) is 0 Å². The molecule has 0 atom stereocenters. The fourth-order valence-electron chi connectivity index (χ4n) is 10.4. The van der Waals surface area contributed by atoms with Crippen LogP contribution in [0.2, 0.25) is 0 Å². The standard InChI is InChI=1S/C57H44BN3/c1-37-33-49-46-26-16-25-45-47-30-27-39-19-14-15-24-44(39)55(47)61(56(45)46)58-50-36-43(59(41-20-10-6-11-21-41)42-22-12-7-13-23-42)29-32-52(50)60(53(34-37)54(49)58)51-31-28-40(57(2,3)4)35-48(51)38-17-8-5-9-18-38/h5-36H,1-4H3. The van der Waals surface area contributed by atoms with Gasteiger partial charge in [-0.3, -0.25) is 0 Å². The van der Waals surface area contributed by atoms with Gasteiger partial charge < -0.3 is 14.3 Å². The first-order valence-electron chi connectivity index (χ1n) is 21.5. The highest BCUT2D eigenvalue weighted by molar-refractivity contribution is 6.90. The monoisotopic (exact) mass is 781 g/mol. The Balaban J connectivity index is 1.23. The van der Waals surface area contributed by atoms with Crippen molar-refractivity contribution < 1.29 is 0 Å². The Morgan fingerprint density at radius 1 is 0.459 bits per heavy atom. The summed E-state index contributed by atoms with van der Waals surface area (Å²) in [6.07, 6.45) is 0. The first kappa shape index (κ1) is 35.6. The van der Waals surface area contributed by atoms with Crippen molar-refractivity contribution in [3.8, 4) is 22.3 Å². The number of fused-ring (bicyclic) bond motifs is 9. The number of hydrogen-bond acceptors (Lipinski definition) is 2. The largest absolute Gasteiger partial charge is 0.375 e. The Kier molecular flexibility index (Phi) is 7.80. The van der Waals surface area contributed by atoms with Crippen LogP contribution in [0.15, 0.2) is 194 Å². The lowest BCUT2D eigenvalue weighted by Crippen LogP contribution is -2.56. The van der Waals surface area contributed by atoms with Crippen LogP contribution in [0.3, 0.4) is 0 Å². The molecule has 10 aromatic rings. The third-order valence-corrected chi connectivity index (χ3v) is 13.1. The smallest absolute Gasteiger partial charge is 0.333 e. The van der Waals surface area contributed by atoms with Crippen LogP contribution in [0.1, 0.15) is 31.9 Å². The van der Waals surface area contributed by atoms with E-state index in [1.54, 1.807) is 0 Å². The minimum Gasteiger partial charge on any atom is -0.375 e. The summed E-state index contributed by atoms with van der Waals surface area (Å²) in [5, 5.41) is 5.12. The predicted molar refractivity (Wildman–Crippen MR) is 261 cm³/mol. The van der Waals surface area contributed by atoms with Crippen molar-refractivity contribution >= 4 is 84.5 Å². The van der Waals surface area contributed by atoms with E-state index in [1.807, 2.05) is 0 Å². The fraction of sp³-hybridized carbons (Fsp3) is 0.0877. The van der Waals surface area contributed by atoms with Gasteiger partial charge in [-0.05, 0) is 112 Å². The van der Waals surface area contributed by atoms with E-state index >= 15 is 0 Å². The van der Waals surface area contributed by atoms with Gasteiger partial charge in [-0.1, -0.05) is 154 Å². The molecule has 9 aromatic carbocycles. The normalized spacial score (nSPS) is 12.9. The van der Waals surface area contributed by atoms with E-state index in [1.165, 1.54) is 93.9 Å². The summed E-state index contributed by atoms with van der Waals surface area (Å²) in [5.41, 5.74) is 19.7. The van der Waals surface area contributed by atoms with Gasteiger partial charge in [0.25, 0.3) is 0 Å². The Morgan fingerprint density at radius 2 is 1.11 bits per heavy atom. The maximum Gasteiger partial charge on any atom is 0.333 e. The van der Waals surface area contributed by atoms with Crippen molar-refractivity contribution in [3.05, 3.63) is 205 Å². The van der Waals surface area contributed by atoms with E-state index in [-0.39, 0.29) is 12.3 Å². The molecule has 3 heterocycles. The SMILES string of the molecule is Cc1cc2c3c(c1)N(c1ccc(C(C)(C)C)cc1-c1ccccc1)c1ccc(N(c4ccccc4)c4ccccc4)cc1B3n1c3c-2cccc3c2ccc3ccccc3c21. The van der Waals surface area contributed by atoms with Gasteiger partial charge in [-0.15, -0.1) is 0 Å². The molecule has 0 unspecified atom stereocenters. The van der Waals surface area contributed by atoms with Gasteiger partial charge in [0, 0.05) is 66.8 Å². The summed E-state index contributed by atoms with van der Waals surface area (Å²) in [7, 11) is 0. The summed E-state index contributed by atoms with van der Waals surface area (Å²) in [5.74, 6) is 0. The lowest BCUT2D eigenvalue weighted by atomic mass is 9.45. The van der Waals surface area contributed by atoms with Gasteiger partial charge in [0.05, 0.1) is 5.69 Å². The van der Waals surface area contributed by atoms with Crippen molar-refractivity contribution in [1.82, 2.24) is 4.48 Å². The molecule has 0 saturated carbocycles. The van der Waals surface area contributed by atoms with Gasteiger partial charge in [0.1, 0.15) is 0 Å². The summed E-state index contributed by atoms with van der Waals surface area (Å²) < 4.78 is 2.71. The van der Waals surface area contributed by atoms with Gasteiger partial charge in [-0.2, -0.15) is 0 Å². The molecule has 61 heavy (non-hydrogen) atoms. The first-order valence-corrected chi connectivity index (χ1v) is 21.5. The van der Waals surface area contributed by atoms with E-state index in [0.717, 1.165) is 17.1 Å². The quantitative estimate of drug-likeness (QED) is 0.161. The summed E-state index contributed by atoms with van der Waals surface area (Å²) >= 11 is 0. The Morgan fingerprint density at radius 3 is 1.85 bits per heavy atom. The molecular formula is C57H44BN3. The molecule has 3 nitrogen and oxygen atoms in total. The van der Waals surface area contributed by atoms with E-state index < -0.39 is 0 Å². The molecule has 0 fully saturated rings. The van der Waals surface area contributed by atoms with Crippen molar-refractivity contribution in [2.75, 3.05) is 9.80 Å². The highest BCUT2D eigenvalue weighted by atomic mass is 15.2. The van der Waals surface area contributed by atoms with Crippen LogP contribution >= 0.6 is 0 Å².